The maximum absolute atomic E-state index is 13.2. The number of nitrogens with zero attached hydrogens (tertiary/aromatic N) is 2. The van der Waals surface area contributed by atoms with Crippen LogP contribution < -0.4 is 5.32 Å². The number of amides is 2. The average Bonchev–Trinajstić information content (AvgIpc) is 2.63. The van der Waals surface area contributed by atoms with Crippen LogP contribution in [0, 0.1) is 5.82 Å². The van der Waals surface area contributed by atoms with Crippen LogP contribution in [-0.2, 0) is 0 Å². The normalized spacial score (nSPS) is 16.5. The molecule has 1 heterocycles. The molecule has 1 atom stereocenters. The second-order valence-electron chi connectivity index (χ2n) is 6.15. The van der Waals surface area contributed by atoms with Gasteiger partial charge >= 0.3 is 6.03 Å². The van der Waals surface area contributed by atoms with E-state index in [4.69, 9.17) is 0 Å². The molecule has 1 aliphatic heterocycles. The van der Waals surface area contributed by atoms with Gasteiger partial charge in [0.25, 0.3) is 0 Å². The number of halogens is 1. The largest absolute Gasteiger partial charge is 0.387 e. The van der Waals surface area contributed by atoms with Gasteiger partial charge in [-0.25, -0.2) is 9.18 Å². The Balaban J connectivity index is 1.47. The third-order valence-electron chi connectivity index (χ3n) is 4.35. The van der Waals surface area contributed by atoms with Crippen LogP contribution >= 0.6 is 0 Å². The summed E-state index contributed by atoms with van der Waals surface area (Å²) < 4.78 is 13.2. The van der Waals surface area contributed by atoms with Crippen molar-refractivity contribution >= 4 is 11.7 Å². The Labute approximate surface area is 146 Å². The summed E-state index contributed by atoms with van der Waals surface area (Å²) >= 11 is 0. The van der Waals surface area contributed by atoms with Crippen molar-refractivity contribution in [1.29, 1.82) is 0 Å². The van der Waals surface area contributed by atoms with Crippen molar-refractivity contribution in [2.75, 3.05) is 38.0 Å². The number of β-amino-alcohol motifs (C(OH)–C–C–N with tert-alkyl or cyclic N) is 1. The highest BCUT2D eigenvalue weighted by molar-refractivity contribution is 5.89. The van der Waals surface area contributed by atoms with Crippen molar-refractivity contribution in [3.63, 3.8) is 0 Å². The summed E-state index contributed by atoms with van der Waals surface area (Å²) in [6.07, 6.45) is -0.533. The van der Waals surface area contributed by atoms with Crippen molar-refractivity contribution in [1.82, 2.24) is 9.80 Å². The van der Waals surface area contributed by atoms with Gasteiger partial charge in [-0.3, -0.25) is 4.90 Å². The lowest BCUT2D eigenvalue weighted by atomic mass is 10.1. The van der Waals surface area contributed by atoms with Crippen molar-refractivity contribution in [3.8, 4) is 0 Å². The molecule has 2 aromatic carbocycles. The zero-order valence-electron chi connectivity index (χ0n) is 13.9. The first-order valence-corrected chi connectivity index (χ1v) is 8.39. The Morgan fingerprint density at radius 1 is 1.08 bits per heavy atom. The molecular formula is C19H22FN3O2. The van der Waals surface area contributed by atoms with E-state index < -0.39 is 6.10 Å². The molecule has 132 valence electrons. The molecule has 25 heavy (non-hydrogen) atoms. The van der Waals surface area contributed by atoms with Gasteiger partial charge in [0, 0.05) is 38.4 Å². The molecule has 0 aromatic heterocycles. The summed E-state index contributed by atoms with van der Waals surface area (Å²) in [6.45, 7) is 3.08. The minimum atomic E-state index is -0.533. The van der Waals surface area contributed by atoms with E-state index in [9.17, 15) is 14.3 Å². The summed E-state index contributed by atoms with van der Waals surface area (Å²) in [5, 5.41) is 13.0. The second-order valence-corrected chi connectivity index (χ2v) is 6.15. The van der Waals surface area contributed by atoms with Gasteiger partial charge in [0.15, 0.2) is 0 Å². The van der Waals surface area contributed by atoms with Crippen LogP contribution in [0.1, 0.15) is 11.7 Å². The number of rotatable bonds is 4. The molecule has 1 aliphatic rings. The molecule has 2 aromatic rings. The minimum absolute atomic E-state index is 0.228. The van der Waals surface area contributed by atoms with E-state index >= 15 is 0 Å². The summed E-state index contributed by atoms with van der Waals surface area (Å²) in [5.74, 6) is -0.377. The van der Waals surface area contributed by atoms with Crippen molar-refractivity contribution in [2.24, 2.45) is 0 Å². The number of aliphatic hydroxyl groups excluding tert-OH is 1. The highest BCUT2D eigenvalue weighted by Crippen LogP contribution is 2.16. The molecule has 2 N–H and O–H groups in total. The lowest BCUT2D eigenvalue weighted by Gasteiger charge is -2.35. The fourth-order valence-electron chi connectivity index (χ4n) is 2.93. The number of hydrogen-bond donors (Lipinski definition) is 2. The Kier molecular flexibility index (Phi) is 5.63. The van der Waals surface area contributed by atoms with Crippen molar-refractivity contribution in [2.45, 2.75) is 6.10 Å². The Morgan fingerprint density at radius 2 is 1.80 bits per heavy atom. The fourth-order valence-corrected chi connectivity index (χ4v) is 2.93. The van der Waals surface area contributed by atoms with E-state index in [1.807, 2.05) is 30.3 Å². The summed E-state index contributed by atoms with van der Waals surface area (Å²) in [7, 11) is 0. The molecule has 0 bridgehead atoms. The van der Waals surface area contributed by atoms with E-state index in [1.54, 1.807) is 17.0 Å². The van der Waals surface area contributed by atoms with E-state index in [0.29, 0.717) is 38.4 Å². The molecule has 5 nitrogen and oxygen atoms in total. The lowest BCUT2D eigenvalue weighted by Crippen LogP contribution is -2.50. The third kappa shape index (κ3) is 4.78. The van der Waals surface area contributed by atoms with Crippen LogP contribution in [0.2, 0.25) is 0 Å². The number of hydrogen-bond acceptors (Lipinski definition) is 3. The van der Waals surface area contributed by atoms with Gasteiger partial charge in [0.1, 0.15) is 5.82 Å². The first kappa shape index (κ1) is 17.4. The van der Waals surface area contributed by atoms with E-state index in [1.165, 1.54) is 12.1 Å². The van der Waals surface area contributed by atoms with Crippen molar-refractivity contribution < 1.29 is 14.3 Å². The van der Waals surface area contributed by atoms with Gasteiger partial charge in [-0.05, 0) is 23.8 Å². The number of nitrogens with one attached hydrogen (secondary N) is 1. The van der Waals surface area contributed by atoms with E-state index in [-0.39, 0.29) is 11.8 Å². The smallest absolute Gasteiger partial charge is 0.321 e. The zero-order chi connectivity index (χ0) is 17.6. The van der Waals surface area contributed by atoms with Gasteiger partial charge in [-0.1, -0.05) is 36.4 Å². The monoisotopic (exact) mass is 343 g/mol. The molecular weight excluding hydrogens is 321 g/mol. The molecule has 0 spiro atoms. The van der Waals surface area contributed by atoms with Gasteiger partial charge in [0.05, 0.1) is 6.10 Å². The molecule has 0 aliphatic carbocycles. The molecule has 0 unspecified atom stereocenters. The summed E-state index contributed by atoms with van der Waals surface area (Å²) in [4.78, 5) is 16.1. The second kappa shape index (κ2) is 8.09. The standard InChI is InChI=1S/C19H22FN3O2/c20-16-7-4-8-17(13-16)21-19(25)23-11-9-22(10-12-23)14-18(24)15-5-2-1-3-6-15/h1-8,13,18,24H,9-12,14H2,(H,21,25)/t18-/m0/s1. The number of anilines is 1. The van der Waals surface area contributed by atoms with Crippen LogP contribution in [0.25, 0.3) is 0 Å². The van der Waals surface area contributed by atoms with Crippen LogP contribution in [0.3, 0.4) is 0 Å². The van der Waals surface area contributed by atoms with Crippen molar-refractivity contribution in [3.05, 3.63) is 66.0 Å². The Bertz CT molecular complexity index is 703. The van der Waals surface area contributed by atoms with Gasteiger partial charge in [-0.15, -0.1) is 0 Å². The first-order chi connectivity index (χ1) is 12.1. The lowest BCUT2D eigenvalue weighted by molar-refractivity contribution is 0.0831. The van der Waals surface area contributed by atoms with Crippen LogP contribution in [-0.4, -0.2) is 53.7 Å². The fraction of sp³-hybridized carbons (Fsp3) is 0.316. The predicted octanol–water partition coefficient (Wildman–Crippen LogP) is 2.71. The predicted molar refractivity (Wildman–Crippen MR) is 94.8 cm³/mol. The molecule has 0 radical (unpaired) electrons. The minimum Gasteiger partial charge on any atom is -0.387 e. The maximum atomic E-state index is 13.2. The number of carbonyl (C=O) groups is 1. The average molecular weight is 343 g/mol. The number of urea groups is 1. The first-order valence-electron chi connectivity index (χ1n) is 8.39. The topological polar surface area (TPSA) is 55.8 Å². The number of piperazine rings is 1. The Morgan fingerprint density at radius 3 is 2.48 bits per heavy atom. The molecule has 6 heteroatoms. The van der Waals surface area contributed by atoms with Gasteiger partial charge in [0.2, 0.25) is 0 Å². The number of carbonyl (C=O) groups excluding carboxylic acids is 1. The van der Waals surface area contributed by atoms with E-state index in [2.05, 4.69) is 10.2 Å². The van der Waals surface area contributed by atoms with Crippen LogP contribution in [0.4, 0.5) is 14.9 Å². The highest BCUT2D eigenvalue weighted by atomic mass is 19.1. The Hall–Kier alpha value is -2.44. The van der Waals surface area contributed by atoms with E-state index in [0.717, 1.165) is 5.56 Å². The van der Waals surface area contributed by atoms with Gasteiger partial charge < -0.3 is 15.3 Å². The zero-order valence-corrected chi connectivity index (χ0v) is 13.9. The molecule has 1 fully saturated rings. The molecule has 3 rings (SSSR count). The highest BCUT2D eigenvalue weighted by Gasteiger charge is 2.23. The van der Waals surface area contributed by atoms with Gasteiger partial charge in [-0.2, -0.15) is 0 Å². The molecule has 2 amide bonds. The summed E-state index contributed by atoms with van der Waals surface area (Å²) in [6, 6.07) is 15.2. The van der Waals surface area contributed by atoms with Crippen LogP contribution in [0.5, 0.6) is 0 Å². The maximum Gasteiger partial charge on any atom is 0.321 e. The molecule has 1 saturated heterocycles. The number of aliphatic hydroxyl groups is 1. The van der Waals surface area contributed by atoms with Crippen LogP contribution in [0.15, 0.2) is 54.6 Å². The summed E-state index contributed by atoms with van der Waals surface area (Å²) in [5.41, 5.74) is 1.35. The number of benzene rings is 2. The quantitative estimate of drug-likeness (QED) is 0.897. The molecule has 0 saturated carbocycles. The third-order valence-corrected chi connectivity index (χ3v) is 4.35. The SMILES string of the molecule is O=C(Nc1cccc(F)c1)N1CCN(C[C@H](O)c2ccccc2)CC1.